The van der Waals surface area contributed by atoms with Gasteiger partial charge in [-0.15, -0.1) is 0 Å². The summed E-state index contributed by atoms with van der Waals surface area (Å²) in [4.78, 5) is 14.1. The van der Waals surface area contributed by atoms with Crippen LogP contribution in [-0.2, 0) is 14.6 Å². The van der Waals surface area contributed by atoms with Crippen molar-refractivity contribution in [3.8, 4) is 11.5 Å². The minimum Gasteiger partial charge on any atom is -0.497 e. The van der Waals surface area contributed by atoms with Crippen LogP contribution in [0.2, 0.25) is 0 Å². The summed E-state index contributed by atoms with van der Waals surface area (Å²) >= 11 is 0. The van der Waals surface area contributed by atoms with Gasteiger partial charge in [-0.25, -0.2) is 8.42 Å². The molecule has 3 rings (SSSR count). The van der Waals surface area contributed by atoms with E-state index in [0.29, 0.717) is 17.2 Å². The van der Waals surface area contributed by atoms with Gasteiger partial charge in [0.15, 0.2) is 0 Å². The molecule has 0 spiro atoms. The Morgan fingerprint density at radius 1 is 1.16 bits per heavy atom. The molecule has 2 aromatic carbocycles. The van der Waals surface area contributed by atoms with E-state index in [1.807, 2.05) is 23.1 Å². The number of nitrogens with zero attached hydrogens (tertiary/aromatic N) is 1. The van der Waals surface area contributed by atoms with Crippen molar-refractivity contribution in [2.24, 2.45) is 0 Å². The number of halogens is 2. The Balaban J connectivity index is 1.69. The molecule has 7 nitrogen and oxygen atoms in total. The fraction of sp³-hybridized carbons (Fsp3) is 0.381. The molecule has 0 aromatic heterocycles. The zero-order valence-electron chi connectivity index (χ0n) is 17.2. The summed E-state index contributed by atoms with van der Waals surface area (Å²) in [5, 5.41) is 2.68. The quantitative estimate of drug-likeness (QED) is 0.658. The largest absolute Gasteiger partial charge is 0.497 e. The molecule has 0 radical (unpaired) electrons. The highest BCUT2D eigenvalue weighted by Crippen LogP contribution is 2.38. The number of carbonyl (C=O) groups is 1. The molecule has 1 N–H and O–H groups in total. The molecule has 1 saturated heterocycles. The maximum absolute atomic E-state index is 12.6. The van der Waals surface area contributed by atoms with Gasteiger partial charge >= 0.3 is 5.76 Å². The van der Waals surface area contributed by atoms with Gasteiger partial charge in [-0.2, -0.15) is 8.78 Å². The maximum Gasteiger partial charge on any atom is 0.341 e. The van der Waals surface area contributed by atoms with Gasteiger partial charge in [0.05, 0.1) is 25.7 Å². The number of methoxy groups -OCH3 is 2. The average Bonchev–Trinajstić information content (AvgIpc) is 3.21. The first-order chi connectivity index (χ1) is 14.8. The highest BCUT2D eigenvalue weighted by atomic mass is 32.2. The van der Waals surface area contributed by atoms with Crippen molar-refractivity contribution in [2.75, 3.05) is 32.6 Å². The van der Waals surface area contributed by atoms with Gasteiger partial charge < -0.3 is 14.8 Å². The van der Waals surface area contributed by atoms with Crippen molar-refractivity contribution >= 4 is 21.4 Å². The Kier molecular flexibility index (Phi) is 7.11. The lowest BCUT2D eigenvalue weighted by atomic mass is 10.0. The second kappa shape index (κ2) is 9.61. The van der Waals surface area contributed by atoms with Gasteiger partial charge in [-0.05, 0) is 61.9 Å². The third-order valence-electron chi connectivity index (χ3n) is 5.21. The van der Waals surface area contributed by atoms with E-state index in [-0.39, 0.29) is 18.5 Å². The first kappa shape index (κ1) is 23.0. The number of rotatable bonds is 8. The molecule has 10 heteroatoms. The van der Waals surface area contributed by atoms with E-state index in [1.54, 1.807) is 14.2 Å². The number of sulfone groups is 1. The van der Waals surface area contributed by atoms with Crippen LogP contribution in [0, 0.1) is 0 Å². The number of benzene rings is 2. The van der Waals surface area contributed by atoms with E-state index in [1.165, 1.54) is 12.1 Å². The van der Waals surface area contributed by atoms with Crippen molar-refractivity contribution in [1.29, 1.82) is 0 Å². The molecular formula is C21H24F2N2O5S. The second-order valence-corrected chi connectivity index (χ2v) is 9.03. The zero-order valence-corrected chi connectivity index (χ0v) is 18.0. The van der Waals surface area contributed by atoms with Crippen LogP contribution in [0.15, 0.2) is 47.4 Å². The second-order valence-electron chi connectivity index (χ2n) is 7.11. The molecule has 31 heavy (non-hydrogen) atoms. The van der Waals surface area contributed by atoms with Crippen LogP contribution in [0.4, 0.5) is 14.5 Å². The van der Waals surface area contributed by atoms with Crippen molar-refractivity contribution in [2.45, 2.75) is 29.5 Å². The summed E-state index contributed by atoms with van der Waals surface area (Å²) in [5.74, 6) is -2.37. The molecular weight excluding hydrogens is 430 g/mol. The van der Waals surface area contributed by atoms with Gasteiger partial charge in [-0.1, -0.05) is 0 Å². The number of hydrogen-bond acceptors (Lipinski definition) is 6. The normalized spacial score (nSPS) is 17.0. The Morgan fingerprint density at radius 2 is 1.87 bits per heavy atom. The SMILES string of the molecule is COc1ccc(OC)c(C2CCCN2CC(=O)Nc2ccc(S(=O)(=O)C(F)F)cc2)c1. The number of alkyl halides is 2. The Morgan fingerprint density at radius 3 is 2.48 bits per heavy atom. The minimum atomic E-state index is -4.67. The molecule has 0 bridgehead atoms. The van der Waals surface area contributed by atoms with E-state index in [9.17, 15) is 22.0 Å². The van der Waals surface area contributed by atoms with Gasteiger partial charge in [0.1, 0.15) is 11.5 Å². The number of ether oxygens (including phenoxy) is 2. The number of nitrogens with one attached hydrogen (secondary N) is 1. The molecule has 0 aliphatic carbocycles. The van der Waals surface area contributed by atoms with Crippen LogP contribution in [-0.4, -0.2) is 52.3 Å². The summed E-state index contributed by atoms with van der Waals surface area (Å²) in [6.45, 7) is 0.839. The zero-order chi connectivity index (χ0) is 22.6. The Labute approximate surface area is 179 Å². The molecule has 1 fully saturated rings. The Bertz CT molecular complexity index is 1030. The Hall–Kier alpha value is -2.72. The van der Waals surface area contributed by atoms with Crippen LogP contribution in [0.3, 0.4) is 0 Å². The van der Waals surface area contributed by atoms with Gasteiger partial charge in [0.2, 0.25) is 15.7 Å². The van der Waals surface area contributed by atoms with E-state index in [0.717, 1.165) is 37.1 Å². The number of carbonyl (C=O) groups excluding carboxylic acids is 1. The van der Waals surface area contributed by atoms with Crippen molar-refractivity contribution < 1.29 is 31.5 Å². The third kappa shape index (κ3) is 5.13. The van der Waals surface area contributed by atoms with E-state index in [2.05, 4.69) is 5.32 Å². The highest BCUT2D eigenvalue weighted by molar-refractivity contribution is 7.91. The smallest absolute Gasteiger partial charge is 0.341 e. The fourth-order valence-electron chi connectivity index (χ4n) is 3.68. The summed E-state index contributed by atoms with van der Waals surface area (Å²) in [6.07, 6.45) is 1.77. The third-order valence-corrected chi connectivity index (χ3v) is 6.61. The molecule has 1 aliphatic heterocycles. The van der Waals surface area contributed by atoms with E-state index < -0.39 is 20.5 Å². The van der Waals surface area contributed by atoms with Crippen LogP contribution in [0.5, 0.6) is 11.5 Å². The lowest BCUT2D eigenvalue weighted by molar-refractivity contribution is -0.117. The standard InChI is InChI=1S/C21H24F2N2O5S/c1-29-15-7-10-19(30-2)17(12-15)18-4-3-11-25(18)13-20(26)24-14-5-8-16(9-6-14)31(27,28)21(22)23/h5-10,12,18,21H,3-4,11,13H2,1-2H3,(H,24,26). The number of anilines is 1. The molecule has 1 atom stereocenters. The van der Waals surface area contributed by atoms with Gasteiger partial charge in [0, 0.05) is 17.3 Å². The number of likely N-dealkylation sites (tertiary alicyclic amines) is 1. The molecule has 1 aliphatic rings. The lowest BCUT2D eigenvalue weighted by Gasteiger charge is -2.26. The highest BCUT2D eigenvalue weighted by Gasteiger charge is 2.30. The van der Waals surface area contributed by atoms with Crippen molar-refractivity contribution in [1.82, 2.24) is 4.90 Å². The fourth-order valence-corrected chi connectivity index (χ4v) is 4.40. The first-order valence-corrected chi connectivity index (χ1v) is 11.2. The summed E-state index contributed by atoms with van der Waals surface area (Å²) in [7, 11) is -1.49. The molecule has 1 unspecified atom stereocenters. The number of hydrogen-bond donors (Lipinski definition) is 1. The van der Waals surface area contributed by atoms with Crippen LogP contribution in [0.1, 0.15) is 24.4 Å². The van der Waals surface area contributed by atoms with E-state index >= 15 is 0 Å². The molecule has 1 heterocycles. The topological polar surface area (TPSA) is 84.9 Å². The maximum atomic E-state index is 12.6. The molecule has 2 aromatic rings. The van der Waals surface area contributed by atoms with Crippen LogP contribution < -0.4 is 14.8 Å². The van der Waals surface area contributed by atoms with Gasteiger partial charge in [0.25, 0.3) is 0 Å². The summed E-state index contributed by atoms with van der Waals surface area (Å²) < 4.78 is 59.1. The number of amides is 1. The average molecular weight is 454 g/mol. The first-order valence-electron chi connectivity index (χ1n) is 9.64. The molecule has 168 valence electrons. The summed E-state index contributed by atoms with van der Waals surface area (Å²) in [5.41, 5.74) is 1.27. The monoisotopic (exact) mass is 454 g/mol. The van der Waals surface area contributed by atoms with Crippen molar-refractivity contribution in [3.05, 3.63) is 48.0 Å². The predicted molar refractivity (Wildman–Crippen MR) is 111 cm³/mol. The summed E-state index contributed by atoms with van der Waals surface area (Å²) in [6, 6.07) is 10.2. The van der Waals surface area contributed by atoms with Crippen LogP contribution in [0.25, 0.3) is 0 Å². The lowest BCUT2D eigenvalue weighted by Crippen LogP contribution is -2.33. The van der Waals surface area contributed by atoms with E-state index in [4.69, 9.17) is 9.47 Å². The van der Waals surface area contributed by atoms with Crippen molar-refractivity contribution in [3.63, 3.8) is 0 Å². The van der Waals surface area contributed by atoms with Gasteiger partial charge in [-0.3, -0.25) is 9.69 Å². The minimum absolute atomic E-state index is 0.0191. The van der Waals surface area contributed by atoms with Crippen LogP contribution >= 0.6 is 0 Å². The molecule has 1 amide bonds. The predicted octanol–water partition coefficient (Wildman–Crippen LogP) is 3.48. The molecule has 0 saturated carbocycles.